The van der Waals surface area contributed by atoms with E-state index in [1.807, 2.05) is 18.2 Å². The minimum atomic E-state index is -0.155. The Hall–Kier alpha value is -1.39. The molecule has 0 spiro atoms. The molecule has 1 rings (SSSR count). The fourth-order valence-corrected chi connectivity index (χ4v) is 1.93. The van der Waals surface area contributed by atoms with Gasteiger partial charge in [0.15, 0.2) is 0 Å². The van der Waals surface area contributed by atoms with Crippen molar-refractivity contribution in [1.29, 1.82) is 0 Å². The maximum atomic E-state index is 11.9. The minimum absolute atomic E-state index is 0.0784. The molecule has 4 nitrogen and oxygen atoms in total. The Kier molecular flexibility index (Phi) is 5.82. The molecule has 1 unspecified atom stereocenters. The van der Waals surface area contributed by atoms with E-state index < -0.39 is 0 Å². The molecular weight excluding hydrogens is 228 g/mol. The van der Waals surface area contributed by atoms with Crippen molar-refractivity contribution >= 4 is 5.91 Å². The van der Waals surface area contributed by atoms with Gasteiger partial charge in [-0.25, -0.2) is 0 Å². The highest BCUT2D eigenvalue weighted by molar-refractivity contribution is 5.78. The molecule has 0 aliphatic carbocycles. The summed E-state index contributed by atoms with van der Waals surface area (Å²) in [4.78, 5) is 13.5. The standard InChI is InChI=1S/C14H22N2O2/c1-16(2)14(17)13(9-15)8-11-5-4-6-12(7-11)10-18-3/h4-7,13H,8-10,15H2,1-3H3. The average Bonchev–Trinajstić information content (AvgIpc) is 2.36. The molecule has 1 amide bonds. The average molecular weight is 250 g/mol. The first kappa shape index (κ1) is 14.7. The molecule has 2 N–H and O–H groups in total. The maximum Gasteiger partial charge on any atom is 0.226 e. The minimum Gasteiger partial charge on any atom is -0.380 e. The number of methoxy groups -OCH3 is 1. The van der Waals surface area contributed by atoms with Gasteiger partial charge in [0.05, 0.1) is 12.5 Å². The van der Waals surface area contributed by atoms with Crippen molar-refractivity contribution in [2.24, 2.45) is 11.7 Å². The second kappa shape index (κ2) is 7.13. The van der Waals surface area contributed by atoms with Gasteiger partial charge in [-0.2, -0.15) is 0 Å². The van der Waals surface area contributed by atoms with Gasteiger partial charge in [-0.1, -0.05) is 24.3 Å². The molecule has 0 bridgehead atoms. The van der Waals surface area contributed by atoms with E-state index in [0.29, 0.717) is 19.6 Å². The van der Waals surface area contributed by atoms with Crippen LogP contribution in [0.4, 0.5) is 0 Å². The van der Waals surface area contributed by atoms with Crippen LogP contribution in [0.2, 0.25) is 0 Å². The number of hydrogen-bond acceptors (Lipinski definition) is 3. The molecule has 1 aromatic carbocycles. The van der Waals surface area contributed by atoms with Gasteiger partial charge in [-0.3, -0.25) is 4.79 Å². The summed E-state index contributed by atoms with van der Waals surface area (Å²) in [5, 5.41) is 0. The van der Waals surface area contributed by atoms with Crippen molar-refractivity contribution in [2.75, 3.05) is 27.7 Å². The normalized spacial score (nSPS) is 12.2. The zero-order valence-electron chi connectivity index (χ0n) is 11.3. The first-order valence-corrected chi connectivity index (χ1v) is 6.06. The monoisotopic (exact) mass is 250 g/mol. The third-order valence-corrected chi connectivity index (χ3v) is 2.86. The lowest BCUT2D eigenvalue weighted by molar-refractivity contribution is -0.132. The largest absolute Gasteiger partial charge is 0.380 e. The summed E-state index contributed by atoms with van der Waals surface area (Å²) < 4.78 is 5.10. The summed E-state index contributed by atoms with van der Waals surface area (Å²) in [5.74, 6) is -0.0764. The van der Waals surface area contributed by atoms with E-state index in [1.54, 1.807) is 26.1 Å². The lowest BCUT2D eigenvalue weighted by atomic mass is 9.97. The van der Waals surface area contributed by atoms with Crippen LogP contribution in [0, 0.1) is 5.92 Å². The Morgan fingerprint density at radius 1 is 1.39 bits per heavy atom. The number of carbonyl (C=O) groups excluding carboxylic acids is 1. The SMILES string of the molecule is COCc1cccc(CC(CN)C(=O)N(C)C)c1. The Labute approximate surface area is 109 Å². The van der Waals surface area contributed by atoms with E-state index in [4.69, 9.17) is 10.5 Å². The smallest absolute Gasteiger partial charge is 0.226 e. The Morgan fingerprint density at radius 2 is 2.06 bits per heavy atom. The number of nitrogens with zero attached hydrogens (tertiary/aromatic N) is 1. The topological polar surface area (TPSA) is 55.6 Å². The molecule has 0 aliphatic rings. The third-order valence-electron chi connectivity index (χ3n) is 2.86. The zero-order chi connectivity index (χ0) is 13.5. The lowest BCUT2D eigenvalue weighted by Gasteiger charge is -2.19. The first-order chi connectivity index (χ1) is 8.58. The van der Waals surface area contributed by atoms with Gasteiger partial charge in [0.1, 0.15) is 0 Å². The van der Waals surface area contributed by atoms with Crippen molar-refractivity contribution in [2.45, 2.75) is 13.0 Å². The Balaban J connectivity index is 2.75. The molecule has 4 heteroatoms. The van der Waals surface area contributed by atoms with Crippen molar-refractivity contribution in [1.82, 2.24) is 4.90 Å². The Bertz CT molecular complexity index is 391. The second-order valence-electron chi connectivity index (χ2n) is 4.62. The summed E-state index contributed by atoms with van der Waals surface area (Å²) in [7, 11) is 5.18. The molecule has 18 heavy (non-hydrogen) atoms. The predicted molar refractivity (Wildman–Crippen MR) is 72.1 cm³/mol. The van der Waals surface area contributed by atoms with E-state index in [9.17, 15) is 4.79 Å². The van der Waals surface area contributed by atoms with Crippen molar-refractivity contribution in [3.05, 3.63) is 35.4 Å². The van der Waals surface area contributed by atoms with E-state index in [0.717, 1.165) is 11.1 Å². The van der Waals surface area contributed by atoms with Crippen LogP contribution in [-0.2, 0) is 22.6 Å². The molecule has 0 fully saturated rings. The van der Waals surface area contributed by atoms with Crippen LogP contribution in [0.25, 0.3) is 0 Å². The van der Waals surface area contributed by atoms with E-state index in [1.165, 1.54) is 0 Å². The quantitative estimate of drug-likeness (QED) is 0.820. The van der Waals surface area contributed by atoms with Gasteiger partial charge in [-0.15, -0.1) is 0 Å². The zero-order valence-corrected chi connectivity index (χ0v) is 11.3. The molecule has 1 aromatic rings. The molecule has 0 saturated carbocycles. The van der Waals surface area contributed by atoms with Crippen LogP contribution in [0.5, 0.6) is 0 Å². The number of hydrogen-bond donors (Lipinski definition) is 1. The highest BCUT2D eigenvalue weighted by Crippen LogP contribution is 2.13. The summed E-state index contributed by atoms with van der Waals surface area (Å²) in [5.41, 5.74) is 7.92. The van der Waals surface area contributed by atoms with Crippen LogP contribution < -0.4 is 5.73 Å². The van der Waals surface area contributed by atoms with Crippen molar-refractivity contribution in [3.63, 3.8) is 0 Å². The van der Waals surface area contributed by atoms with Crippen LogP contribution in [0.3, 0.4) is 0 Å². The molecule has 0 aliphatic heterocycles. The lowest BCUT2D eigenvalue weighted by Crippen LogP contribution is -2.35. The van der Waals surface area contributed by atoms with E-state index in [-0.39, 0.29) is 11.8 Å². The molecular formula is C14H22N2O2. The number of nitrogens with two attached hydrogens (primary N) is 1. The second-order valence-corrected chi connectivity index (χ2v) is 4.62. The summed E-state index contributed by atoms with van der Waals surface area (Å²) in [6.07, 6.45) is 0.672. The number of rotatable bonds is 6. The predicted octanol–water partition coefficient (Wildman–Crippen LogP) is 1.04. The molecule has 0 radical (unpaired) electrons. The van der Waals surface area contributed by atoms with Gasteiger partial charge >= 0.3 is 0 Å². The van der Waals surface area contributed by atoms with Gasteiger partial charge in [0.2, 0.25) is 5.91 Å². The fraction of sp³-hybridized carbons (Fsp3) is 0.500. The molecule has 0 heterocycles. The molecule has 0 saturated heterocycles. The number of benzene rings is 1. The van der Waals surface area contributed by atoms with Gasteiger partial charge < -0.3 is 15.4 Å². The highest BCUT2D eigenvalue weighted by Gasteiger charge is 2.18. The van der Waals surface area contributed by atoms with Gasteiger partial charge in [0.25, 0.3) is 0 Å². The highest BCUT2D eigenvalue weighted by atomic mass is 16.5. The van der Waals surface area contributed by atoms with Gasteiger partial charge in [0, 0.05) is 27.7 Å². The van der Waals surface area contributed by atoms with Crippen molar-refractivity contribution < 1.29 is 9.53 Å². The molecule has 1 atom stereocenters. The summed E-state index contributed by atoms with van der Waals surface area (Å²) in [6.45, 7) is 0.953. The molecule has 0 aromatic heterocycles. The van der Waals surface area contributed by atoms with Crippen LogP contribution >= 0.6 is 0 Å². The van der Waals surface area contributed by atoms with E-state index in [2.05, 4.69) is 6.07 Å². The van der Waals surface area contributed by atoms with Crippen LogP contribution in [0.1, 0.15) is 11.1 Å². The van der Waals surface area contributed by atoms with E-state index >= 15 is 0 Å². The number of carbonyl (C=O) groups is 1. The van der Waals surface area contributed by atoms with Crippen LogP contribution in [-0.4, -0.2) is 38.6 Å². The third kappa shape index (κ3) is 4.13. The Morgan fingerprint density at radius 3 is 2.61 bits per heavy atom. The number of ether oxygens (including phenoxy) is 1. The molecule has 100 valence electrons. The summed E-state index contributed by atoms with van der Waals surface area (Å²) in [6, 6.07) is 8.08. The van der Waals surface area contributed by atoms with Crippen LogP contribution in [0.15, 0.2) is 24.3 Å². The maximum absolute atomic E-state index is 11.9. The van der Waals surface area contributed by atoms with Gasteiger partial charge in [-0.05, 0) is 17.5 Å². The van der Waals surface area contributed by atoms with Crippen molar-refractivity contribution in [3.8, 4) is 0 Å². The summed E-state index contributed by atoms with van der Waals surface area (Å²) >= 11 is 0. The fourth-order valence-electron chi connectivity index (χ4n) is 1.93. The number of amides is 1. The first-order valence-electron chi connectivity index (χ1n) is 6.06.